The molecule has 2 atom stereocenters. The molecule has 40 valence electrons. The first-order valence-electron chi connectivity index (χ1n) is 2.47. The molecule has 1 fully saturated rings. The molecule has 0 spiro atoms. The number of hydrogen-bond donors (Lipinski definition) is 0. The lowest BCUT2D eigenvalue weighted by Crippen LogP contribution is -1.87. The standard InChI is InChI=1S/C6H9Br/c1-3-6(2)4-5(6)7/h3,5H,1,4H2,2H3/t5-,6+/m0/s1. The molecule has 1 rings (SSSR count). The molecule has 0 heterocycles. The average molecular weight is 161 g/mol. The summed E-state index contributed by atoms with van der Waals surface area (Å²) in [7, 11) is 0. The Morgan fingerprint density at radius 1 is 2.00 bits per heavy atom. The molecule has 0 bridgehead atoms. The summed E-state index contributed by atoms with van der Waals surface area (Å²) in [4.78, 5) is 0.706. The molecule has 1 heteroatoms. The van der Waals surface area contributed by atoms with Crippen molar-refractivity contribution < 1.29 is 0 Å². The number of halogens is 1. The van der Waals surface area contributed by atoms with Gasteiger partial charge in [0.2, 0.25) is 0 Å². The minimum absolute atomic E-state index is 0.431. The van der Waals surface area contributed by atoms with Crippen molar-refractivity contribution in [2.24, 2.45) is 5.41 Å². The molecular weight excluding hydrogens is 152 g/mol. The van der Waals surface area contributed by atoms with E-state index in [1.165, 1.54) is 6.42 Å². The molecule has 0 unspecified atom stereocenters. The monoisotopic (exact) mass is 160 g/mol. The molecule has 1 aliphatic carbocycles. The maximum absolute atomic E-state index is 3.71. The van der Waals surface area contributed by atoms with Gasteiger partial charge in [0.05, 0.1) is 0 Å². The highest BCUT2D eigenvalue weighted by molar-refractivity contribution is 9.09. The minimum Gasteiger partial charge on any atom is -0.102 e. The number of alkyl halides is 1. The van der Waals surface area contributed by atoms with Crippen LogP contribution in [0.25, 0.3) is 0 Å². The van der Waals surface area contributed by atoms with Crippen LogP contribution >= 0.6 is 15.9 Å². The van der Waals surface area contributed by atoms with Crippen LogP contribution in [0.2, 0.25) is 0 Å². The Hall–Kier alpha value is 0.220. The second kappa shape index (κ2) is 1.35. The third-order valence-corrected chi connectivity index (χ3v) is 3.01. The van der Waals surface area contributed by atoms with Gasteiger partial charge in [-0.05, 0) is 11.8 Å². The van der Waals surface area contributed by atoms with Crippen LogP contribution in [0.1, 0.15) is 13.3 Å². The second-order valence-corrected chi connectivity index (χ2v) is 3.49. The zero-order valence-electron chi connectivity index (χ0n) is 4.45. The SMILES string of the molecule is C=C[C@]1(C)C[C@@H]1Br. The third-order valence-electron chi connectivity index (χ3n) is 1.64. The molecule has 0 amide bonds. The summed E-state index contributed by atoms with van der Waals surface area (Å²) in [5.74, 6) is 0. The molecule has 1 aliphatic rings. The van der Waals surface area contributed by atoms with Crippen LogP contribution in [0.15, 0.2) is 12.7 Å². The number of allylic oxidation sites excluding steroid dienone is 1. The fourth-order valence-electron chi connectivity index (χ4n) is 0.538. The minimum atomic E-state index is 0.431. The van der Waals surface area contributed by atoms with E-state index < -0.39 is 0 Å². The Morgan fingerprint density at radius 3 is 2.43 bits per heavy atom. The molecule has 0 nitrogen and oxygen atoms in total. The molecule has 0 aliphatic heterocycles. The molecule has 0 radical (unpaired) electrons. The van der Waals surface area contributed by atoms with Crippen LogP contribution in [-0.2, 0) is 0 Å². The summed E-state index contributed by atoms with van der Waals surface area (Å²) in [6.07, 6.45) is 3.28. The summed E-state index contributed by atoms with van der Waals surface area (Å²) < 4.78 is 0. The van der Waals surface area contributed by atoms with Crippen LogP contribution in [0.3, 0.4) is 0 Å². The molecular formula is C6H9Br. The van der Waals surface area contributed by atoms with Gasteiger partial charge in [-0.15, -0.1) is 6.58 Å². The van der Waals surface area contributed by atoms with E-state index in [0.29, 0.717) is 10.2 Å². The van der Waals surface area contributed by atoms with Crippen molar-refractivity contribution in [2.75, 3.05) is 0 Å². The van der Waals surface area contributed by atoms with E-state index in [9.17, 15) is 0 Å². The zero-order chi connectivity index (χ0) is 5.49. The van der Waals surface area contributed by atoms with Gasteiger partial charge >= 0.3 is 0 Å². The fourth-order valence-corrected chi connectivity index (χ4v) is 1.42. The first-order valence-corrected chi connectivity index (χ1v) is 3.38. The quantitative estimate of drug-likeness (QED) is 0.409. The summed E-state index contributed by atoms with van der Waals surface area (Å²) in [5.41, 5.74) is 0.431. The first kappa shape index (κ1) is 5.36. The van der Waals surface area contributed by atoms with Crippen molar-refractivity contribution in [1.29, 1.82) is 0 Å². The van der Waals surface area contributed by atoms with Gasteiger partial charge in [-0.3, -0.25) is 0 Å². The van der Waals surface area contributed by atoms with Crippen LogP contribution in [0.5, 0.6) is 0 Å². The zero-order valence-corrected chi connectivity index (χ0v) is 6.03. The molecule has 0 aromatic rings. The summed E-state index contributed by atoms with van der Waals surface area (Å²) in [6, 6.07) is 0. The van der Waals surface area contributed by atoms with Crippen LogP contribution in [-0.4, -0.2) is 4.83 Å². The van der Waals surface area contributed by atoms with E-state index in [0.717, 1.165) is 0 Å². The maximum Gasteiger partial charge on any atom is 0.0242 e. The molecule has 0 aromatic carbocycles. The highest BCUT2D eigenvalue weighted by Crippen LogP contribution is 2.51. The van der Waals surface area contributed by atoms with Crippen molar-refractivity contribution in [3.05, 3.63) is 12.7 Å². The summed E-state index contributed by atoms with van der Waals surface area (Å²) in [6.45, 7) is 5.92. The normalized spacial score (nSPS) is 48.6. The van der Waals surface area contributed by atoms with Gasteiger partial charge in [-0.2, -0.15) is 0 Å². The highest BCUT2D eigenvalue weighted by Gasteiger charge is 2.45. The Balaban J connectivity index is 2.51. The Kier molecular flexibility index (Phi) is 1.03. The predicted molar refractivity (Wildman–Crippen MR) is 35.6 cm³/mol. The van der Waals surface area contributed by atoms with E-state index in [1.807, 2.05) is 6.08 Å². The second-order valence-electron chi connectivity index (χ2n) is 2.38. The van der Waals surface area contributed by atoms with Crippen molar-refractivity contribution in [3.8, 4) is 0 Å². The van der Waals surface area contributed by atoms with Crippen LogP contribution in [0.4, 0.5) is 0 Å². The average Bonchev–Trinajstić information content (AvgIpc) is 2.18. The molecule has 0 N–H and O–H groups in total. The Bertz CT molecular complexity index is 98.4. The smallest absolute Gasteiger partial charge is 0.0242 e. The lowest BCUT2D eigenvalue weighted by molar-refractivity contribution is 0.758. The fraction of sp³-hybridized carbons (Fsp3) is 0.667. The van der Waals surface area contributed by atoms with Crippen molar-refractivity contribution in [1.82, 2.24) is 0 Å². The molecule has 0 aromatic heterocycles. The predicted octanol–water partition coefficient (Wildman–Crippen LogP) is 2.35. The molecule has 7 heavy (non-hydrogen) atoms. The van der Waals surface area contributed by atoms with Crippen molar-refractivity contribution >= 4 is 15.9 Å². The topological polar surface area (TPSA) is 0 Å². The molecule has 1 saturated carbocycles. The Morgan fingerprint density at radius 2 is 2.43 bits per heavy atom. The van der Waals surface area contributed by atoms with Gasteiger partial charge in [0.25, 0.3) is 0 Å². The largest absolute Gasteiger partial charge is 0.102 e. The van der Waals surface area contributed by atoms with E-state index in [4.69, 9.17) is 0 Å². The summed E-state index contributed by atoms with van der Waals surface area (Å²) >= 11 is 3.49. The lowest BCUT2D eigenvalue weighted by atomic mass is 10.1. The van der Waals surface area contributed by atoms with Crippen LogP contribution in [0, 0.1) is 5.41 Å². The van der Waals surface area contributed by atoms with Crippen molar-refractivity contribution in [3.63, 3.8) is 0 Å². The van der Waals surface area contributed by atoms with Gasteiger partial charge in [-0.1, -0.05) is 28.9 Å². The third kappa shape index (κ3) is 0.742. The van der Waals surface area contributed by atoms with Crippen LogP contribution < -0.4 is 0 Å². The van der Waals surface area contributed by atoms with Gasteiger partial charge in [0, 0.05) is 4.83 Å². The Labute approximate surface area is 52.7 Å². The van der Waals surface area contributed by atoms with E-state index in [1.54, 1.807) is 0 Å². The van der Waals surface area contributed by atoms with Crippen molar-refractivity contribution in [2.45, 2.75) is 18.2 Å². The molecule has 0 saturated heterocycles. The van der Waals surface area contributed by atoms with E-state index in [-0.39, 0.29) is 0 Å². The van der Waals surface area contributed by atoms with E-state index >= 15 is 0 Å². The van der Waals surface area contributed by atoms with Gasteiger partial charge in [0.1, 0.15) is 0 Å². The lowest BCUT2D eigenvalue weighted by Gasteiger charge is -1.94. The first-order chi connectivity index (χ1) is 3.19. The van der Waals surface area contributed by atoms with Gasteiger partial charge in [0.15, 0.2) is 0 Å². The summed E-state index contributed by atoms with van der Waals surface area (Å²) in [5, 5.41) is 0. The van der Waals surface area contributed by atoms with Gasteiger partial charge < -0.3 is 0 Å². The number of rotatable bonds is 1. The van der Waals surface area contributed by atoms with E-state index in [2.05, 4.69) is 29.4 Å². The van der Waals surface area contributed by atoms with Gasteiger partial charge in [-0.25, -0.2) is 0 Å². The maximum atomic E-state index is 3.71. The number of hydrogen-bond acceptors (Lipinski definition) is 0. The highest BCUT2D eigenvalue weighted by atomic mass is 79.9.